The van der Waals surface area contributed by atoms with Crippen molar-refractivity contribution in [2.75, 3.05) is 11.4 Å². The van der Waals surface area contributed by atoms with Gasteiger partial charge in [0.1, 0.15) is 0 Å². The molecule has 0 aliphatic rings. The summed E-state index contributed by atoms with van der Waals surface area (Å²) in [6.45, 7) is 4.61. The lowest BCUT2D eigenvalue weighted by atomic mass is 10.1. The lowest BCUT2D eigenvalue weighted by molar-refractivity contribution is -0.118. The van der Waals surface area contributed by atoms with Crippen molar-refractivity contribution in [2.45, 2.75) is 26.7 Å². The topological polar surface area (TPSA) is 59.2 Å². The molecule has 0 bridgehead atoms. The SMILES string of the molecule is CCN(C(=O)CCc1nnc(-c2cccc(C)c2)o1)c1ccccc1. The van der Waals surface area contributed by atoms with Crippen LogP contribution in [0.2, 0.25) is 0 Å². The van der Waals surface area contributed by atoms with Crippen LogP contribution >= 0.6 is 0 Å². The third kappa shape index (κ3) is 4.12. The van der Waals surface area contributed by atoms with E-state index in [0.29, 0.717) is 31.2 Å². The quantitative estimate of drug-likeness (QED) is 0.682. The monoisotopic (exact) mass is 335 g/mol. The van der Waals surface area contributed by atoms with Gasteiger partial charge in [0.05, 0.1) is 0 Å². The van der Waals surface area contributed by atoms with Crippen LogP contribution in [0.3, 0.4) is 0 Å². The molecule has 0 atom stereocenters. The van der Waals surface area contributed by atoms with Crippen LogP contribution in [0.4, 0.5) is 5.69 Å². The zero-order valence-electron chi connectivity index (χ0n) is 14.5. The number of para-hydroxylation sites is 1. The zero-order valence-corrected chi connectivity index (χ0v) is 14.5. The van der Waals surface area contributed by atoms with Crippen molar-refractivity contribution >= 4 is 11.6 Å². The van der Waals surface area contributed by atoms with Crippen LogP contribution in [0, 0.1) is 6.92 Å². The molecule has 0 saturated carbocycles. The highest BCUT2D eigenvalue weighted by Crippen LogP contribution is 2.20. The lowest BCUT2D eigenvalue weighted by Gasteiger charge is -2.20. The fourth-order valence-corrected chi connectivity index (χ4v) is 2.71. The molecule has 5 heteroatoms. The molecule has 0 aliphatic heterocycles. The van der Waals surface area contributed by atoms with Crippen LogP contribution in [0.5, 0.6) is 0 Å². The largest absolute Gasteiger partial charge is 0.421 e. The first-order chi connectivity index (χ1) is 12.2. The molecule has 3 aromatic rings. The Balaban J connectivity index is 1.65. The summed E-state index contributed by atoms with van der Waals surface area (Å²) in [5, 5.41) is 8.15. The fourth-order valence-electron chi connectivity index (χ4n) is 2.71. The number of carbonyl (C=O) groups is 1. The number of nitrogens with zero attached hydrogens (tertiary/aromatic N) is 3. The van der Waals surface area contributed by atoms with Gasteiger partial charge in [-0.25, -0.2) is 0 Å². The lowest BCUT2D eigenvalue weighted by Crippen LogP contribution is -2.30. The Kier molecular flexibility index (Phi) is 5.23. The standard InChI is InChI=1S/C20H21N3O2/c1-3-23(17-10-5-4-6-11-17)19(24)13-12-18-21-22-20(25-18)16-9-7-8-15(2)14-16/h4-11,14H,3,12-13H2,1-2H3. The molecule has 0 radical (unpaired) electrons. The van der Waals surface area contributed by atoms with Gasteiger partial charge in [-0.3, -0.25) is 4.79 Å². The van der Waals surface area contributed by atoms with E-state index in [9.17, 15) is 4.79 Å². The van der Waals surface area contributed by atoms with E-state index >= 15 is 0 Å². The van der Waals surface area contributed by atoms with Gasteiger partial charge < -0.3 is 9.32 Å². The number of anilines is 1. The molecule has 0 unspecified atom stereocenters. The summed E-state index contributed by atoms with van der Waals surface area (Å²) in [4.78, 5) is 14.3. The molecule has 2 aromatic carbocycles. The number of hydrogen-bond donors (Lipinski definition) is 0. The van der Waals surface area contributed by atoms with E-state index in [-0.39, 0.29) is 5.91 Å². The van der Waals surface area contributed by atoms with E-state index in [2.05, 4.69) is 10.2 Å². The Bertz CT molecular complexity index is 843. The first-order valence-corrected chi connectivity index (χ1v) is 8.42. The molecule has 0 spiro atoms. The van der Waals surface area contributed by atoms with Crippen molar-refractivity contribution in [2.24, 2.45) is 0 Å². The molecule has 25 heavy (non-hydrogen) atoms. The van der Waals surface area contributed by atoms with E-state index in [0.717, 1.165) is 16.8 Å². The summed E-state index contributed by atoms with van der Waals surface area (Å²) >= 11 is 0. The van der Waals surface area contributed by atoms with Gasteiger partial charge in [-0.1, -0.05) is 35.9 Å². The van der Waals surface area contributed by atoms with Crippen molar-refractivity contribution < 1.29 is 9.21 Å². The van der Waals surface area contributed by atoms with Crippen molar-refractivity contribution in [1.29, 1.82) is 0 Å². The Hall–Kier alpha value is -2.95. The van der Waals surface area contributed by atoms with Crippen LogP contribution in [0.15, 0.2) is 59.0 Å². The van der Waals surface area contributed by atoms with Gasteiger partial charge in [-0.05, 0) is 38.1 Å². The second kappa shape index (κ2) is 7.75. The van der Waals surface area contributed by atoms with E-state index in [1.54, 1.807) is 4.90 Å². The Labute approximate surface area is 147 Å². The number of rotatable bonds is 6. The molecule has 1 heterocycles. The highest BCUT2D eigenvalue weighted by Gasteiger charge is 2.16. The normalized spacial score (nSPS) is 10.6. The van der Waals surface area contributed by atoms with E-state index in [1.165, 1.54) is 0 Å². The van der Waals surface area contributed by atoms with Crippen LogP contribution in [-0.2, 0) is 11.2 Å². The van der Waals surface area contributed by atoms with Crippen LogP contribution in [0.25, 0.3) is 11.5 Å². The molecule has 128 valence electrons. The average molecular weight is 335 g/mol. The maximum Gasteiger partial charge on any atom is 0.247 e. The fraction of sp³-hybridized carbons (Fsp3) is 0.250. The summed E-state index contributed by atoms with van der Waals surface area (Å²) in [7, 11) is 0. The Morgan fingerprint density at radius 3 is 2.60 bits per heavy atom. The molecule has 0 saturated heterocycles. The highest BCUT2D eigenvalue weighted by molar-refractivity contribution is 5.93. The van der Waals surface area contributed by atoms with Crippen molar-refractivity contribution in [3.05, 3.63) is 66.1 Å². The maximum atomic E-state index is 12.5. The second-order valence-corrected chi connectivity index (χ2v) is 5.84. The summed E-state index contributed by atoms with van der Waals surface area (Å²) in [5.41, 5.74) is 2.93. The first-order valence-electron chi connectivity index (χ1n) is 8.42. The van der Waals surface area contributed by atoms with Gasteiger partial charge in [-0.2, -0.15) is 0 Å². The summed E-state index contributed by atoms with van der Waals surface area (Å²) in [6.07, 6.45) is 0.763. The van der Waals surface area contributed by atoms with Gasteiger partial charge in [0.15, 0.2) is 0 Å². The maximum absolute atomic E-state index is 12.5. The Morgan fingerprint density at radius 2 is 1.88 bits per heavy atom. The predicted molar refractivity (Wildman–Crippen MR) is 97.3 cm³/mol. The molecule has 1 amide bonds. The van der Waals surface area contributed by atoms with E-state index < -0.39 is 0 Å². The van der Waals surface area contributed by atoms with Crippen molar-refractivity contribution in [1.82, 2.24) is 10.2 Å². The van der Waals surface area contributed by atoms with E-state index in [1.807, 2.05) is 68.4 Å². The van der Waals surface area contributed by atoms with E-state index in [4.69, 9.17) is 4.42 Å². The first kappa shape index (κ1) is 16.9. The number of aryl methyl sites for hydroxylation is 2. The van der Waals surface area contributed by atoms with Gasteiger partial charge in [-0.15, -0.1) is 10.2 Å². The van der Waals surface area contributed by atoms with Crippen molar-refractivity contribution in [3.8, 4) is 11.5 Å². The zero-order chi connectivity index (χ0) is 17.6. The minimum Gasteiger partial charge on any atom is -0.421 e. The molecule has 1 aromatic heterocycles. The van der Waals surface area contributed by atoms with Gasteiger partial charge in [0.2, 0.25) is 17.7 Å². The van der Waals surface area contributed by atoms with Gasteiger partial charge >= 0.3 is 0 Å². The minimum atomic E-state index is 0.0454. The molecule has 5 nitrogen and oxygen atoms in total. The van der Waals surface area contributed by atoms with Gasteiger partial charge in [0, 0.05) is 30.6 Å². The number of amides is 1. The summed E-state index contributed by atoms with van der Waals surface area (Å²) in [5.74, 6) is 1.01. The molecule has 0 aliphatic carbocycles. The smallest absolute Gasteiger partial charge is 0.247 e. The molecule has 0 fully saturated rings. The molecular weight excluding hydrogens is 314 g/mol. The van der Waals surface area contributed by atoms with Crippen LogP contribution in [-0.4, -0.2) is 22.6 Å². The average Bonchev–Trinajstić information content (AvgIpc) is 3.11. The summed E-state index contributed by atoms with van der Waals surface area (Å²) in [6, 6.07) is 17.6. The van der Waals surface area contributed by atoms with Crippen molar-refractivity contribution in [3.63, 3.8) is 0 Å². The second-order valence-electron chi connectivity index (χ2n) is 5.84. The third-order valence-corrected chi connectivity index (χ3v) is 3.97. The number of hydrogen-bond acceptors (Lipinski definition) is 4. The van der Waals surface area contributed by atoms with Gasteiger partial charge in [0.25, 0.3) is 0 Å². The highest BCUT2D eigenvalue weighted by atomic mass is 16.4. The Morgan fingerprint density at radius 1 is 1.08 bits per heavy atom. The summed E-state index contributed by atoms with van der Waals surface area (Å²) < 4.78 is 5.70. The minimum absolute atomic E-state index is 0.0454. The third-order valence-electron chi connectivity index (χ3n) is 3.97. The number of benzene rings is 2. The van der Waals surface area contributed by atoms with Crippen LogP contribution < -0.4 is 4.90 Å². The molecule has 0 N–H and O–H groups in total. The predicted octanol–water partition coefficient (Wildman–Crippen LogP) is 4.03. The number of carbonyl (C=O) groups excluding carboxylic acids is 1. The van der Waals surface area contributed by atoms with Crippen LogP contribution in [0.1, 0.15) is 24.8 Å². The molecular formula is C20H21N3O2. The number of aromatic nitrogens is 2. The molecule has 3 rings (SSSR count).